The molecule has 0 aliphatic heterocycles. The van der Waals surface area contributed by atoms with Crippen LogP contribution in [0.15, 0.2) is 24.3 Å². The second kappa shape index (κ2) is 7.87. The van der Waals surface area contributed by atoms with Crippen molar-refractivity contribution in [2.75, 3.05) is 6.54 Å². The van der Waals surface area contributed by atoms with E-state index in [9.17, 15) is 12.8 Å². The molecule has 0 fully saturated rings. The van der Waals surface area contributed by atoms with Crippen molar-refractivity contribution in [2.24, 2.45) is 0 Å². The van der Waals surface area contributed by atoms with Crippen LogP contribution in [0.5, 0.6) is 0 Å². The van der Waals surface area contributed by atoms with Crippen LogP contribution in [-0.2, 0) is 16.4 Å². The zero-order valence-corrected chi connectivity index (χ0v) is 13.9. The first kappa shape index (κ1) is 18.1. The largest absolute Gasteiger partial charge is 0.313 e. The van der Waals surface area contributed by atoms with Crippen molar-refractivity contribution in [2.45, 2.75) is 51.4 Å². The van der Waals surface area contributed by atoms with E-state index < -0.39 is 15.3 Å². The summed E-state index contributed by atoms with van der Waals surface area (Å²) in [6, 6.07) is 6.12. The molecule has 21 heavy (non-hydrogen) atoms. The SMILES string of the molecule is CC(C)NCC(C)S(=O)(=O)NC(C)Cc1ccc(F)cc1. The second-order valence-corrected chi connectivity index (χ2v) is 7.90. The molecule has 0 heterocycles. The summed E-state index contributed by atoms with van der Waals surface area (Å²) in [4.78, 5) is 0. The highest BCUT2D eigenvalue weighted by molar-refractivity contribution is 7.90. The standard InChI is InChI=1S/C15H25FN2O2S/c1-11(2)17-10-13(4)21(19,20)18-12(3)9-14-5-7-15(16)8-6-14/h5-8,11-13,17-18H,9-10H2,1-4H3. The summed E-state index contributed by atoms with van der Waals surface area (Å²) in [5.41, 5.74) is 0.902. The molecule has 0 aromatic heterocycles. The van der Waals surface area contributed by atoms with Crippen molar-refractivity contribution in [1.29, 1.82) is 0 Å². The fraction of sp³-hybridized carbons (Fsp3) is 0.600. The maximum Gasteiger partial charge on any atom is 0.215 e. The molecule has 120 valence electrons. The Hall–Kier alpha value is -0.980. The average Bonchev–Trinajstić information content (AvgIpc) is 2.37. The Bertz CT molecular complexity index is 529. The fourth-order valence-corrected chi connectivity index (χ4v) is 3.12. The lowest BCUT2D eigenvalue weighted by Crippen LogP contribution is -2.44. The Labute approximate surface area is 127 Å². The van der Waals surface area contributed by atoms with Gasteiger partial charge in [0.2, 0.25) is 10.0 Å². The summed E-state index contributed by atoms with van der Waals surface area (Å²) in [7, 11) is -3.37. The highest BCUT2D eigenvalue weighted by Gasteiger charge is 2.22. The first-order valence-corrected chi connectivity index (χ1v) is 8.74. The fourth-order valence-electron chi connectivity index (χ4n) is 1.92. The van der Waals surface area contributed by atoms with Gasteiger partial charge in [0.25, 0.3) is 0 Å². The van der Waals surface area contributed by atoms with Gasteiger partial charge in [0.1, 0.15) is 5.82 Å². The van der Waals surface area contributed by atoms with E-state index in [0.29, 0.717) is 13.0 Å². The second-order valence-electron chi connectivity index (χ2n) is 5.77. The first-order chi connectivity index (χ1) is 9.70. The number of benzene rings is 1. The van der Waals surface area contributed by atoms with Gasteiger partial charge in [-0.05, 0) is 38.0 Å². The van der Waals surface area contributed by atoms with Crippen LogP contribution in [-0.4, -0.2) is 32.3 Å². The molecule has 2 atom stereocenters. The Morgan fingerprint density at radius 2 is 1.67 bits per heavy atom. The summed E-state index contributed by atoms with van der Waals surface area (Å²) in [6.07, 6.45) is 0.532. The maximum absolute atomic E-state index is 12.8. The molecule has 0 spiro atoms. The van der Waals surface area contributed by atoms with Crippen molar-refractivity contribution >= 4 is 10.0 Å². The third-order valence-corrected chi connectivity index (χ3v) is 5.12. The van der Waals surface area contributed by atoms with Crippen LogP contribution in [0.25, 0.3) is 0 Å². The van der Waals surface area contributed by atoms with E-state index in [-0.39, 0.29) is 17.9 Å². The van der Waals surface area contributed by atoms with Crippen molar-refractivity contribution in [3.05, 3.63) is 35.6 Å². The number of halogens is 1. The maximum atomic E-state index is 12.8. The van der Waals surface area contributed by atoms with Gasteiger partial charge in [0.05, 0.1) is 5.25 Å². The van der Waals surface area contributed by atoms with E-state index in [0.717, 1.165) is 5.56 Å². The van der Waals surface area contributed by atoms with Crippen molar-refractivity contribution in [3.63, 3.8) is 0 Å². The van der Waals surface area contributed by atoms with Crippen LogP contribution in [0.3, 0.4) is 0 Å². The Kier molecular flexibility index (Phi) is 6.77. The number of hydrogen-bond acceptors (Lipinski definition) is 3. The predicted molar refractivity (Wildman–Crippen MR) is 84.2 cm³/mol. The number of sulfonamides is 1. The van der Waals surface area contributed by atoms with Gasteiger partial charge in [0, 0.05) is 18.6 Å². The number of nitrogens with one attached hydrogen (secondary N) is 2. The van der Waals surface area contributed by atoms with E-state index >= 15 is 0 Å². The van der Waals surface area contributed by atoms with Crippen molar-refractivity contribution in [1.82, 2.24) is 10.0 Å². The molecule has 0 radical (unpaired) electrons. The van der Waals surface area contributed by atoms with Crippen LogP contribution in [0.2, 0.25) is 0 Å². The van der Waals surface area contributed by atoms with Gasteiger partial charge in [-0.2, -0.15) is 0 Å². The average molecular weight is 316 g/mol. The lowest BCUT2D eigenvalue weighted by molar-refractivity contribution is 0.527. The molecule has 1 rings (SSSR count). The third kappa shape index (κ3) is 6.54. The lowest BCUT2D eigenvalue weighted by atomic mass is 10.1. The molecule has 1 aromatic rings. The quantitative estimate of drug-likeness (QED) is 0.772. The monoisotopic (exact) mass is 316 g/mol. The number of hydrogen-bond donors (Lipinski definition) is 2. The molecule has 0 bridgehead atoms. The van der Waals surface area contributed by atoms with Crippen LogP contribution < -0.4 is 10.0 Å². The van der Waals surface area contributed by atoms with Crippen LogP contribution >= 0.6 is 0 Å². The summed E-state index contributed by atoms with van der Waals surface area (Å²) in [5, 5.41) is 2.62. The number of rotatable bonds is 8. The topological polar surface area (TPSA) is 58.2 Å². The summed E-state index contributed by atoms with van der Waals surface area (Å²) in [6.45, 7) is 7.86. The van der Waals surface area contributed by atoms with Crippen molar-refractivity contribution in [3.8, 4) is 0 Å². The molecule has 1 aromatic carbocycles. The molecule has 4 nitrogen and oxygen atoms in total. The Morgan fingerprint density at radius 1 is 1.10 bits per heavy atom. The van der Waals surface area contributed by atoms with E-state index in [4.69, 9.17) is 0 Å². The van der Waals surface area contributed by atoms with E-state index in [1.165, 1.54) is 12.1 Å². The molecule has 0 aliphatic rings. The zero-order chi connectivity index (χ0) is 16.0. The molecule has 0 amide bonds. The van der Waals surface area contributed by atoms with Gasteiger partial charge < -0.3 is 5.32 Å². The molecule has 2 unspecified atom stereocenters. The van der Waals surface area contributed by atoms with Crippen LogP contribution in [0.1, 0.15) is 33.3 Å². The van der Waals surface area contributed by atoms with Crippen LogP contribution in [0, 0.1) is 5.82 Å². The zero-order valence-electron chi connectivity index (χ0n) is 13.1. The summed E-state index contributed by atoms with van der Waals surface area (Å²) >= 11 is 0. The van der Waals surface area contributed by atoms with E-state index in [2.05, 4.69) is 10.0 Å². The molecule has 2 N–H and O–H groups in total. The van der Waals surface area contributed by atoms with E-state index in [1.54, 1.807) is 19.1 Å². The molecule has 0 saturated carbocycles. The predicted octanol–water partition coefficient (Wildman–Crippen LogP) is 2.06. The summed E-state index contributed by atoms with van der Waals surface area (Å²) in [5.74, 6) is -0.291. The van der Waals surface area contributed by atoms with Gasteiger partial charge >= 0.3 is 0 Å². The highest BCUT2D eigenvalue weighted by atomic mass is 32.2. The highest BCUT2D eigenvalue weighted by Crippen LogP contribution is 2.07. The van der Waals surface area contributed by atoms with Crippen molar-refractivity contribution < 1.29 is 12.8 Å². The van der Waals surface area contributed by atoms with Gasteiger partial charge in [0.15, 0.2) is 0 Å². The molecular formula is C15H25FN2O2S. The van der Waals surface area contributed by atoms with Gasteiger partial charge in [-0.15, -0.1) is 0 Å². The normalized spacial score (nSPS) is 15.1. The minimum absolute atomic E-state index is 0.234. The minimum atomic E-state index is -3.37. The van der Waals surface area contributed by atoms with E-state index in [1.807, 2.05) is 20.8 Å². The van der Waals surface area contributed by atoms with Gasteiger partial charge in [-0.3, -0.25) is 0 Å². The molecular weight excluding hydrogens is 291 g/mol. The minimum Gasteiger partial charge on any atom is -0.313 e. The van der Waals surface area contributed by atoms with Crippen LogP contribution in [0.4, 0.5) is 4.39 Å². The molecule has 6 heteroatoms. The first-order valence-electron chi connectivity index (χ1n) is 7.19. The molecule has 0 saturated heterocycles. The van der Waals surface area contributed by atoms with Gasteiger partial charge in [-0.1, -0.05) is 26.0 Å². The third-order valence-electron chi connectivity index (χ3n) is 3.16. The lowest BCUT2D eigenvalue weighted by Gasteiger charge is -2.20. The smallest absolute Gasteiger partial charge is 0.215 e. The Balaban J connectivity index is 2.55. The Morgan fingerprint density at radius 3 is 2.19 bits per heavy atom. The summed E-state index contributed by atoms with van der Waals surface area (Å²) < 4.78 is 39.9. The molecule has 0 aliphatic carbocycles. The van der Waals surface area contributed by atoms with Gasteiger partial charge in [-0.25, -0.2) is 17.5 Å².